The van der Waals surface area contributed by atoms with Crippen LogP contribution in [0.25, 0.3) is 28.2 Å². The molecule has 0 saturated carbocycles. The highest BCUT2D eigenvalue weighted by atomic mass is 16.5. The number of aryl methyl sites for hydroxylation is 1. The van der Waals surface area contributed by atoms with E-state index in [0.717, 1.165) is 24.1 Å². The fraction of sp³-hybridized carbons (Fsp3) is 0.333. The lowest BCUT2D eigenvalue weighted by Crippen LogP contribution is -2.22. The molecule has 0 atom stereocenters. The number of rotatable bonds is 8. The maximum absolute atomic E-state index is 13.6. The quantitative estimate of drug-likeness (QED) is 0.419. The number of nitrogens with zero attached hydrogens (tertiary/aromatic N) is 5. The van der Waals surface area contributed by atoms with Gasteiger partial charge in [-0.1, -0.05) is 32.4 Å². The number of para-hydroxylation sites is 1. The molecule has 0 spiro atoms. The molecule has 4 rings (SSSR count). The standard InChI is InChI=1S/C24H27N5O3/c1-5-10-17-20-21(29(27-17)23-19(31-4)13-9-14-25-23)24(30)28(3)22(26-20)16-11-7-8-12-18(16)32-15-6-2/h7-9,11-14H,5-6,10,15H2,1-4H3. The van der Waals surface area contributed by atoms with Crippen molar-refractivity contribution in [1.29, 1.82) is 0 Å². The lowest BCUT2D eigenvalue weighted by atomic mass is 10.1. The average Bonchev–Trinajstić information content (AvgIpc) is 3.18. The van der Waals surface area contributed by atoms with Crippen LogP contribution in [0.15, 0.2) is 47.4 Å². The van der Waals surface area contributed by atoms with E-state index in [2.05, 4.69) is 18.8 Å². The Bertz CT molecular complexity index is 1310. The molecular weight excluding hydrogens is 406 g/mol. The van der Waals surface area contributed by atoms with Gasteiger partial charge in [0.05, 0.1) is 25.0 Å². The van der Waals surface area contributed by atoms with Crippen molar-refractivity contribution >= 4 is 11.0 Å². The van der Waals surface area contributed by atoms with Crippen molar-refractivity contribution in [3.8, 4) is 28.7 Å². The summed E-state index contributed by atoms with van der Waals surface area (Å²) in [5.74, 6) is 2.23. The molecule has 0 saturated heterocycles. The van der Waals surface area contributed by atoms with E-state index in [9.17, 15) is 4.79 Å². The van der Waals surface area contributed by atoms with E-state index in [4.69, 9.17) is 19.6 Å². The Kier molecular flexibility index (Phi) is 6.20. The van der Waals surface area contributed by atoms with Gasteiger partial charge in [-0.05, 0) is 37.1 Å². The smallest absolute Gasteiger partial charge is 0.280 e. The van der Waals surface area contributed by atoms with Crippen molar-refractivity contribution in [3.63, 3.8) is 0 Å². The highest BCUT2D eigenvalue weighted by Crippen LogP contribution is 2.30. The van der Waals surface area contributed by atoms with Gasteiger partial charge in [0.15, 0.2) is 17.1 Å². The zero-order valence-corrected chi connectivity index (χ0v) is 18.8. The summed E-state index contributed by atoms with van der Waals surface area (Å²) >= 11 is 0. The summed E-state index contributed by atoms with van der Waals surface area (Å²) < 4.78 is 14.5. The lowest BCUT2D eigenvalue weighted by Gasteiger charge is -2.13. The zero-order valence-electron chi connectivity index (χ0n) is 18.8. The van der Waals surface area contributed by atoms with Crippen LogP contribution in [-0.4, -0.2) is 38.0 Å². The fourth-order valence-corrected chi connectivity index (χ4v) is 3.69. The van der Waals surface area contributed by atoms with Gasteiger partial charge in [-0.2, -0.15) is 5.10 Å². The Hall–Kier alpha value is -3.68. The number of ether oxygens (including phenoxy) is 2. The van der Waals surface area contributed by atoms with Crippen LogP contribution in [0.3, 0.4) is 0 Å². The van der Waals surface area contributed by atoms with Gasteiger partial charge in [0.25, 0.3) is 5.56 Å². The van der Waals surface area contributed by atoms with E-state index in [1.54, 1.807) is 41.7 Å². The molecule has 0 unspecified atom stereocenters. The van der Waals surface area contributed by atoms with Gasteiger partial charge in [0.1, 0.15) is 17.1 Å². The number of aromatic nitrogens is 5. The summed E-state index contributed by atoms with van der Waals surface area (Å²) in [5, 5.41) is 4.73. The molecule has 0 aliphatic heterocycles. The Labute approximate surface area is 186 Å². The van der Waals surface area contributed by atoms with Crippen molar-refractivity contribution in [1.82, 2.24) is 24.3 Å². The third-order valence-electron chi connectivity index (χ3n) is 5.22. The number of methoxy groups -OCH3 is 1. The Morgan fingerprint density at radius 1 is 1.03 bits per heavy atom. The average molecular weight is 434 g/mol. The van der Waals surface area contributed by atoms with Gasteiger partial charge < -0.3 is 9.47 Å². The van der Waals surface area contributed by atoms with Crippen molar-refractivity contribution < 1.29 is 9.47 Å². The Balaban J connectivity index is 2.01. The fourth-order valence-electron chi connectivity index (χ4n) is 3.69. The number of fused-ring (bicyclic) bond motifs is 1. The molecule has 166 valence electrons. The first-order valence-corrected chi connectivity index (χ1v) is 10.8. The van der Waals surface area contributed by atoms with E-state index >= 15 is 0 Å². The highest BCUT2D eigenvalue weighted by molar-refractivity contribution is 5.81. The molecule has 0 fully saturated rings. The molecule has 0 aliphatic rings. The van der Waals surface area contributed by atoms with Crippen LogP contribution in [0.1, 0.15) is 32.4 Å². The number of benzene rings is 1. The topological polar surface area (TPSA) is 84.1 Å². The number of pyridine rings is 1. The minimum Gasteiger partial charge on any atom is -0.493 e. The maximum atomic E-state index is 13.6. The third kappa shape index (κ3) is 3.72. The van der Waals surface area contributed by atoms with Crippen molar-refractivity contribution in [2.45, 2.75) is 33.1 Å². The second-order valence-corrected chi connectivity index (χ2v) is 7.48. The predicted molar refractivity (Wildman–Crippen MR) is 124 cm³/mol. The van der Waals surface area contributed by atoms with E-state index < -0.39 is 0 Å². The van der Waals surface area contributed by atoms with E-state index in [1.807, 2.05) is 24.3 Å². The molecule has 3 heterocycles. The molecule has 1 aromatic carbocycles. The molecule has 4 aromatic rings. The normalized spacial score (nSPS) is 11.1. The molecule has 8 nitrogen and oxygen atoms in total. The van der Waals surface area contributed by atoms with Crippen LogP contribution >= 0.6 is 0 Å². The summed E-state index contributed by atoms with van der Waals surface area (Å²) in [4.78, 5) is 23.0. The molecule has 0 bridgehead atoms. The SMILES string of the molecule is CCCOc1ccccc1-c1nc2c(CCC)nn(-c3ncccc3OC)c2c(=O)n1C. The highest BCUT2D eigenvalue weighted by Gasteiger charge is 2.23. The monoisotopic (exact) mass is 433 g/mol. The van der Waals surface area contributed by atoms with Crippen molar-refractivity contribution in [2.75, 3.05) is 13.7 Å². The van der Waals surface area contributed by atoms with Crippen molar-refractivity contribution in [2.24, 2.45) is 7.05 Å². The minimum absolute atomic E-state index is 0.210. The first-order valence-electron chi connectivity index (χ1n) is 10.8. The summed E-state index contributed by atoms with van der Waals surface area (Å²) in [6.45, 7) is 4.72. The van der Waals surface area contributed by atoms with Gasteiger partial charge in [0.2, 0.25) is 0 Å². The van der Waals surface area contributed by atoms with Crippen LogP contribution in [0.4, 0.5) is 0 Å². The molecule has 0 aliphatic carbocycles. The maximum Gasteiger partial charge on any atom is 0.280 e. The van der Waals surface area contributed by atoms with Gasteiger partial charge in [-0.15, -0.1) is 0 Å². The number of hydrogen-bond acceptors (Lipinski definition) is 6. The molecule has 8 heteroatoms. The minimum atomic E-state index is -0.210. The van der Waals surface area contributed by atoms with Gasteiger partial charge in [-0.3, -0.25) is 9.36 Å². The van der Waals surface area contributed by atoms with Crippen LogP contribution < -0.4 is 15.0 Å². The number of hydrogen-bond donors (Lipinski definition) is 0. The molecular formula is C24H27N5O3. The summed E-state index contributed by atoms with van der Waals surface area (Å²) in [5.41, 5.74) is 2.26. The van der Waals surface area contributed by atoms with Crippen molar-refractivity contribution in [3.05, 3.63) is 58.6 Å². The second-order valence-electron chi connectivity index (χ2n) is 7.48. The molecule has 0 N–H and O–H groups in total. The van der Waals surface area contributed by atoms with Gasteiger partial charge in [-0.25, -0.2) is 14.6 Å². The summed E-state index contributed by atoms with van der Waals surface area (Å²) in [6, 6.07) is 11.2. The van der Waals surface area contributed by atoms with Crippen LogP contribution in [0, 0.1) is 0 Å². The molecule has 3 aromatic heterocycles. The van der Waals surface area contributed by atoms with Crippen LogP contribution in [-0.2, 0) is 13.5 Å². The lowest BCUT2D eigenvalue weighted by molar-refractivity contribution is 0.318. The first-order chi connectivity index (χ1) is 15.6. The predicted octanol–water partition coefficient (Wildman–Crippen LogP) is 3.93. The van der Waals surface area contributed by atoms with E-state index in [-0.39, 0.29) is 5.56 Å². The van der Waals surface area contributed by atoms with Gasteiger partial charge in [0, 0.05) is 13.2 Å². The van der Waals surface area contributed by atoms with Crippen LogP contribution in [0.5, 0.6) is 11.5 Å². The Morgan fingerprint density at radius 2 is 1.81 bits per heavy atom. The summed E-state index contributed by atoms with van der Waals surface area (Å²) in [7, 11) is 3.29. The van der Waals surface area contributed by atoms with E-state index in [0.29, 0.717) is 47.2 Å². The molecule has 0 radical (unpaired) electrons. The first kappa shape index (κ1) is 21.5. The summed E-state index contributed by atoms with van der Waals surface area (Å²) in [6.07, 6.45) is 4.09. The molecule has 32 heavy (non-hydrogen) atoms. The van der Waals surface area contributed by atoms with Crippen LogP contribution in [0.2, 0.25) is 0 Å². The van der Waals surface area contributed by atoms with E-state index in [1.165, 1.54) is 0 Å². The van der Waals surface area contributed by atoms with Gasteiger partial charge >= 0.3 is 0 Å². The third-order valence-corrected chi connectivity index (χ3v) is 5.22. The zero-order chi connectivity index (χ0) is 22.7. The second kappa shape index (κ2) is 9.21. The largest absolute Gasteiger partial charge is 0.493 e. The molecule has 0 amide bonds. The Morgan fingerprint density at radius 3 is 2.56 bits per heavy atom.